The van der Waals surface area contributed by atoms with Crippen LogP contribution < -0.4 is 10.6 Å². The van der Waals surface area contributed by atoms with Crippen molar-refractivity contribution in [3.63, 3.8) is 0 Å². The first kappa shape index (κ1) is 16.0. The van der Waals surface area contributed by atoms with Crippen molar-refractivity contribution in [3.8, 4) is 0 Å². The molecule has 3 nitrogen and oxygen atoms in total. The maximum absolute atomic E-state index is 4.44. The molecule has 0 fully saturated rings. The summed E-state index contributed by atoms with van der Waals surface area (Å²) in [6, 6.07) is 17.8. The van der Waals surface area contributed by atoms with Gasteiger partial charge in [-0.15, -0.1) is 0 Å². The van der Waals surface area contributed by atoms with Crippen LogP contribution in [-0.2, 0) is 15.6 Å². The average molecular weight is 331 g/mol. The standard InChI is InChI=1S/C18H17N3.Fe/c1-2-13-20-17-11-6-7-12-18(17)21-15-8-14-19-16-9-4-3-5-10-16;/h1-15,19-20H;/q;+1/b13-2-,14-8?,21-15?;. The Morgan fingerprint density at radius 1 is 0.818 bits per heavy atom. The van der Waals surface area contributed by atoms with Gasteiger partial charge in [0.25, 0.3) is 0 Å². The molecule has 22 heavy (non-hydrogen) atoms. The number of nitrogens with one attached hydrogen (secondary N) is 2. The van der Waals surface area contributed by atoms with Crippen molar-refractivity contribution < 1.29 is 15.6 Å². The Hall–Kier alpha value is -2.42. The van der Waals surface area contributed by atoms with Gasteiger partial charge in [-0.2, -0.15) is 0 Å². The Balaban J connectivity index is 1.95. The summed E-state index contributed by atoms with van der Waals surface area (Å²) in [5, 5.41) is 6.35. The molecule has 0 saturated carbocycles. The van der Waals surface area contributed by atoms with E-state index in [2.05, 4.69) is 31.2 Å². The van der Waals surface area contributed by atoms with E-state index < -0.39 is 0 Å². The fraction of sp³-hybridized carbons (Fsp3) is 0. The Bertz CT molecular complexity index is 676. The Labute approximate surface area is 138 Å². The molecule has 0 atom stereocenters. The van der Waals surface area contributed by atoms with Gasteiger partial charge in [0.2, 0.25) is 0 Å². The van der Waals surface area contributed by atoms with Gasteiger partial charge in [0.1, 0.15) is 0 Å². The third-order valence-electron chi connectivity index (χ3n) is 2.73. The van der Waals surface area contributed by atoms with E-state index in [1.807, 2.05) is 79.1 Å². The van der Waals surface area contributed by atoms with Gasteiger partial charge in [0.05, 0.1) is 0 Å². The fourth-order valence-electron chi connectivity index (χ4n) is 1.73. The molecule has 0 amide bonds. The van der Waals surface area contributed by atoms with Crippen molar-refractivity contribution in [1.82, 2.24) is 0 Å². The Morgan fingerprint density at radius 3 is 2.36 bits per heavy atom. The van der Waals surface area contributed by atoms with E-state index in [9.17, 15) is 0 Å². The molecule has 0 aliphatic carbocycles. The zero-order valence-electron chi connectivity index (χ0n) is 12.0. The van der Waals surface area contributed by atoms with Crippen molar-refractivity contribution in [1.29, 1.82) is 0 Å². The molecule has 0 aliphatic rings. The van der Waals surface area contributed by atoms with E-state index in [1.165, 1.54) is 0 Å². The van der Waals surface area contributed by atoms with Gasteiger partial charge in [-0.3, -0.25) is 0 Å². The molecule has 2 rings (SSSR count). The van der Waals surface area contributed by atoms with E-state index in [0.29, 0.717) is 0 Å². The minimum atomic E-state index is 0.876. The number of hydrogen-bond donors (Lipinski definition) is 2. The second-order valence-electron chi connectivity index (χ2n) is 4.29. The van der Waals surface area contributed by atoms with Gasteiger partial charge in [0.15, 0.2) is 0 Å². The SMILES string of the molecule is [Fe+]=[CH]/C=C\Nc1ccccc1N=CC=CNc1ccccc1. The second-order valence-corrected chi connectivity index (χ2v) is 4.65. The predicted molar refractivity (Wildman–Crippen MR) is 92.6 cm³/mol. The summed E-state index contributed by atoms with van der Waals surface area (Å²) in [7, 11) is 0. The van der Waals surface area contributed by atoms with E-state index in [4.69, 9.17) is 0 Å². The number of allylic oxidation sites excluding steroid dienone is 2. The van der Waals surface area contributed by atoms with Crippen LogP contribution in [0.2, 0.25) is 0 Å². The van der Waals surface area contributed by atoms with Crippen LogP contribution in [0.25, 0.3) is 0 Å². The molecule has 0 radical (unpaired) electrons. The van der Waals surface area contributed by atoms with E-state index in [0.717, 1.165) is 17.1 Å². The molecule has 2 aromatic carbocycles. The summed E-state index contributed by atoms with van der Waals surface area (Å²) < 4.78 is 0. The summed E-state index contributed by atoms with van der Waals surface area (Å²) in [5.41, 5.74) is 2.87. The minimum absolute atomic E-state index is 0.876. The van der Waals surface area contributed by atoms with Gasteiger partial charge in [-0.05, 0) is 12.1 Å². The molecule has 0 spiro atoms. The number of rotatable bonds is 7. The van der Waals surface area contributed by atoms with Gasteiger partial charge in [-0.25, -0.2) is 0 Å². The van der Waals surface area contributed by atoms with Gasteiger partial charge >= 0.3 is 108 Å². The van der Waals surface area contributed by atoms with Crippen LogP contribution in [0.3, 0.4) is 0 Å². The number of nitrogens with zero attached hydrogens (tertiary/aromatic N) is 1. The molecule has 111 valence electrons. The van der Waals surface area contributed by atoms with E-state index in [1.54, 1.807) is 11.1 Å². The molecule has 0 aromatic heterocycles. The third-order valence-corrected chi connectivity index (χ3v) is 2.94. The van der Waals surface area contributed by atoms with Crippen molar-refractivity contribution in [2.45, 2.75) is 0 Å². The quantitative estimate of drug-likeness (QED) is 0.587. The predicted octanol–water partition coefficient (Wildman–Crippen LogP) is 4.29. The summed E-state index contributed by atoms with van der Waals surface area (Å²) in [6.07, 6.45) is 9.14. The van der Waals surface area contributed by atoms with Crippen LogP contribution in [-0.4, -0.2) is 11.1 Å². The fourth-order valence-corrected chi connectivity index (χ4v) is 1.83. The van der Waals surface area contributed by atoms with Crippen LogP contribution in [0.1, 0.15) is 0 Å². The van der Waals surface area contributed by atoms with E-state index in [-0.39, 0.29) is 0 Å². The molecular weight excluding hydrogens is 314 g/mol. The summed E-state index contributed by atoms with van der Waals surface area (Å²) in [5.74, 6) is 0. The molecule has 0 heterocycles. The molecule has 2 aromatic rings. The number of hydrogen-bond acceptors (Lipinski definition) is 3. The smallest absolute Gasteiger partial charge is 0.0621 e. The first-order valence-corrected chi connectivity index (χ1v) is 7.47. The number of aliphatic imine (C=N–C) groups is 1. The summed E-state index contributed by atoms with van der Waals surface area (Å²) >= 11 is 3.64. The zero-order valence-corrected chi connectivity index (χ0v) is 13.1. The number of para-hydroxylation sites is 3. The van der Waals surface area contributed by atoms with Crippen LogP contribution in [0.4, 0.5) is 17.1 Å². The minimum Gasteiger partial charge on any atom is -0.0621 e. The molecule has 0 saturated heterocycles. The topological polar surface area (TPSA) is 36.4 Å². The summed E-state index contributed by atoms with van der Waals surface area (Å²) in [4.78, 5) is 6.16. The third kappa shape index (κ3) is 5.52. The average Bonchev–Trinajstić information content (AvgIpc) is 2.57. The first-order valence-electron chi connectivity index (χ1n) is 6.83. The zero-order chi connectivity index (χ0) is 15.5. The summed E-state index contributed by atoms with van der Waals surface area (Å²) in [6.45, 7) is 0. The van der Waals surface area contributed by atoms with Crippen LogP contribution >= 0.6 is 0 Å². The normalized spacial score (nSPS) is 11.3. The van der Waals surface area contributed by atoms with Crippen molar-refractivity contribution in [2.75, 3.05) is 10.6 Å². The first-order chi connectivity index (χ1) is 10.9. The van der Waals surface area contributed by atoms with Gasteiger partial charge < -0.3 is 0 Å². The van der Waals surface area contributed by atoms with Gasteiger partial charge in [0, 0.05) is 0 Å². The Morgan fingerprint density at radius 2 is 1.55 bits per heavy atom. The second kappa shape index (κ2) is 9.50. The molecule has 4 heteroatoms. The maximum atomic E-state index is 4.44. The van der Waals surface area contributed by atoms with Crippen molar-refractivity contribution in [2.24, 2.45) is 4.99 Å². The van der Waals surface area contributed by atoms with Crippen LogP contribution in [0.5, 0.6) is 0 Å². The van der Waals surface area contributed by atoms with E-state index >= 15 is 0 Å². The Kier molecular flexibility index (Phi) is 6.89. The van der Waals surface area contributed by atoms with Crippen molar-refractivity contribution >= 4 is 28.2 Å². The van der Waals surface area contributed by atoms with Crippen LogP contribution in [0.15, 0.2) is 84.1 Å². The molecule has 0 aliphatic heterocycles. The van der Waals surface area contributed by atoms with Gasteiger partial charge in [-0.1, -0.05) is 18.2 Å². The number of anilines is 2. The molecule has 0 unspecified atom stereocenters. The molecular formula is C18H17FeN3+. The van der Waals surface area contributed by atoms with Crippen molar-refractivity contribution in [3.05, 3.63) is 79.1 Å². The molecule has 2 N–H and O–H groups in total. The monoisotopic (exact) mass is 331 g/mol. The van der Waals surface area contributed by atoms with Crippen LogP contribution in [0, 0.1) is 0 Å². The molecule has 0 bridgehead atoms. The number of benzene rings is 2.